The molecule has 0 aliphatic carbocycles. The van der Waals surface area contributed by atoms with Crippen molar-refractivity contribution in [3.05, 3.63) is 40.5 Å². The van der Waals surface area contributed by atoms with Crippen molar-refractivity contribution in [2.45, 2.75) is 0 Å². The van der Waals surface area contributed by atoms with Crippen molar-refractivity contribution in [3.8, 4) is 0 Å². The maximum atomic E-state index is 12.3. The van der Waals surface area contributed by atoms with Gasteiger partial charge in [-0.25, -0.2) is 4.39 Å². The minimum Gasteiger partial charge on any atom is -0.207 e. The highest BCUT2D eigenvalue weighted by Gasteiger charge is 1.88. The van der Waals surface area contributed by atoms with Crippen LogP contribution in [0.3, 0.4) is 0 Å². The number of halogens is 1. The smallest absolute Gasteiger partial charge is 0.123 e. The van der Waals surface area contributed by atoms with Crippen molar-refractivity contribution in [2.75, 3.05) is 0 Å². The minimum absolute atomic E-state index is 0.294. The molecule has 0 amide bonds. The number of nitrogens with zero attached hydrogens (tertiary/aromatic N) is 3. The van der Waals surface area contributed by atoms with E-state index in [2.05, 4.69) is 10.0 Å². The molecule has 1 aromatic rings. The van der Waals surface area contributed by atoms with Gasteiger partial charge in [0.25, 0.3) is 0 Å². The zero-order chi connectivity index (χ0) is 7.40. The summed E-state index contributed by atoms with van der Waals surface area (Å²) in [6.07, 6.45) is 0. The fourth-order valence-electron chi connectivity index (χ4n) is 0.590. The van der Waals surface area contributed by atoms with Crippen LogP contribution in [0.25, 0.3) is 10.4 Å². The van der Waals surface area contributed by atoms with Crippen LogP contribution in [-0.2, 0) is 0 Å². The van der Waals surface area contributed by atoms with Gasteiger partial charge in [0, 0.05) is 10.6 Å². The summed E-state index contributed by atoms with van der Waals surface area (Å²) in [6.45, 7) is 0. The summed E-state index contributed by atoms with van der Waals surface area (Å²) in [5, 5.41) is 3.21. The maximum absolute atomic E-state index is 12.3. The van der Waals surface area contributed by atoms with Crippen LogP contribution in [-0.4, -0.2) is 0 Å². The summed E-state index contributed by atoms with van der Waals surface area (Å²) in [5.74, 6) is -0.398. The van der Waals surface area contributed by atoms with Crippen molar-refractivity contribution >= 4 is 5.69 Å². The second-order valence-corrected chi connectivity index (χ2v) is 1.67. The van der Waals surface area contributed by atoms with Crippen LogP contribution < -0.4 is 0 Å². The van der Waals surface area contributed by atoms with Crippen LogP contribution in [0.5, 0.6) is 0 Å². The molecule has 50 valence electrons. The minimum atomic E-state index is -0.398. The van der Waals surface area contributed by atoms with E-state index in [1.807, 2.05) is 0 Å². The third-order valence-corrected chi connectivity index (χ3v) is 0.968. The molecule has 0 aromatic heterocycles. The molecule has 0 bridgehead atoms. The van der Waals surface area contributed by atoms with E-state index in [0.717, 1.165) is 0 Å². The molecule has 0 saturated heterocycles. The zero-order valence-corrected chi connectivity index (χ0v) is 5.03. The Hall–Kier alpha value is -1.54. The highest BCUT2D eigenvalue weighted by molar-refractivity contribution is 5.36. The molecule has 0 atom stereocenters. The molecule has 0 heterocycles. The van der Waals surface area contributed by atoms with Gasteiger partial charge in [0.05, 0.1) is 0 Å². The lowest BCUT2D eigenvalue weighted by atomic mass is 10.3. The summed E-state index contributed by atoms with van der Waals surface area (Å²) in [6, 6.07) is 5.47. The van der Waals surface area contributed by atoms with Gasteiger partial charge < -0.3 is 0 Å². The summed E-state index contributed by atoms with van der Waals surface area (Å²) < 4.78 is 12.3. The van der Waals surface area contributed by atoms with Gasteiger partial charge in [-0.3, -0.25) is 0 Å². The molecule has 1 aromatic carbocycles. The Morgan fingerprint density at radius 3 is 2.90 bits per heavy atom. The molecule has 3 nitrogen and oxygen atoms in total. The van der Waals surface area contributed by atoms with Crippen molar-refractivity contribution in [1.82, 2.24) is 0 Å². The van der Waals surface area contributed by atoms with Crippen LogP contribution in [0.2, 0.25) is 0 Å². The SMILES string of the molecule is [N-]=[N+]=Nc1cccc([18F])c1. The number of benzene rings is 1. The molecule has 10 heavy (non-hydrogen) atoms. The van der Waals surface area contributed by atoms with Gasteiger partial charge in [-0.05, 0) is 17.7 Å². The predicted octanol–water partition coefficient (Wildman–Crippen LogP) is 2.77. The molecule has 0 fully saturated rings. The van der Waals surface area contributed by atoms with E-state index in [1.165, 1.54) is 24.3 Å². The second-order valence-electron chi connectivity index (χ2n) is 1.67. The standard InChI is InChI=1S/C6H4FN3/c7-5-2-1-3-6(4-5)9-10-8/h1-4H/i7-1. The Morgan fingerprint density at radius 1 is 1.50 bits per heavy atom. The van der Waals surface area contributed by atoms with E-state index in [9.17, 15) is 4.39 Å². The van der Waals surface area contributed by atoms with Gasteiger partial charge >= 0.3 is 0 Å². The van der Waals surface area contributed by atoms with Crippen LogP contribution in [0.1, 0.15) is 0 Å². The van der Waals surface area contributed by atoms with Gasteiger partial charge in [0.1, 0.15) is 5.82 Å². The molecule has 0 spiro atoms. The Morgan fingerprint density at radius 2 is 2.30 bits per heavy atom. The van der Waals surface area contributed by atoms with E-state index in [1.54, 1.807) is 0 Å². The average Bonchev–Trinajstić information content (AvgIpc) is 1.88. The summed E-state index contributed by atoms with van der Waals surface area (Å²) >= 11 is 0. The molecule has 0 aliphatic heterocycles. The van der Waals surface area contributed by atoms with Gasteiger partial charge in [-0.2, -0.15) is 0 Å². The Bertz CT molecular complexity index is 278. The third kappa shape index (κ3) is 1.47. The van der Waals surface area contributed by atoms with Gasteiger partial charge in [0.15, 0.2) is 0 Å². The first kappa shape index (κ1) is 6.58. The van der Waals surface area contributed by atoms with Gasteiger partial charge in [-0.1, -0.05) is 17.2 Å². The fraction of sp³-hybridized carbons (Fsp3) is 0. The van der Waals surface area contributed by atoms with E-state index in [-0.39, 0.29) is 0 Å². The Kier molecular flexibility index (Phi) is 1.87. The normalized spacial score (nSPS) is 8.50. The molecule has 0 unspecified atom stereocenters. The lowest BCUT2D eigenvalue weighted by Gasteiger charge is -1.88. The van der Waals surface area contributed by atoms with Crippen LogP contribution in [0, 0.1) is 5.82 Å². The van der Waals surface area contributed by atoms with Gasteiger partial charge in [-0.15, -0.1) is 0 Å². The van der Waals surface area contributed by atoms with Gasteiger partial charge in [0.2, 0.25) is 0 Å². The first-order chi connectivity index (χ1) is 4.83. The van der Waals surface area contributed by atoms with Crippen molar-refractivity contribution in [2.24, 2.45) is 5.11 Å². The van der Waals surface area contributed by atoms with Crippen molar-refractivity contribution in [1.29, 1.82) is 0 Å². The molecule has 0 saturated carbocycles. The lowest BCUT2D eigenvalue weighted by molar-refractivity contribution is 0.628. The highest BCUT2D eigenvalue weighted by Crippen LogP contribution is 2.12. The van der Waals surface area contributed by atoms with Crippen LogP contribution in [0.15, 0.2) is 29.4 Å². The highest BCUT2D eigenvalue weighted by atomic mass is 18.2. The predicted molar refractivity (Wildman–Crippen MR) is 35.2 cm³/mol. The summed E-state index contributed by atoms with van der Waals surface area (Å²) in [5.41, 5.74) is 8.24. The molecule has 0 aliphatic rings. The quantitative estimate of drug-likeness (QED) is 0.324. The Balaban J connectivity index is 3.06. The number of hydrogen-bond acceptors (Lipinski definition) is 1. The largest absolute Gasteiger partial charge is 0.207 e. The number of azide groups is 1. The van der Waals surface area contributed by atoms with E-state index in [4.69, 9.17) is 5.53 Å². The van der Waals surface area contributed by atoms with E-state index in [0.29, 0.717) is 5.69 Å². The van der Waals surface area contributed by atoms with Crippen LogP contribution in [0.4, 0.5) is 10.1 Å². The molecule has 1 rings (SSSR count). The van der Waals surface area contributed by atoms with Crippen LogP contribution >= 0.6 is 0 Å². The maximum Gasteiger partial charge on any atom is 0.123 e. The third-order valence-electron chi connectivity index (χ3n) is 0.968. The van der Waals surface area contributed by atoms with Crippen molar-refractivity contribution in [3.63, 3.8) is 0 Å². The zero-order valence-electron chi connectivity index (χ0n) is 5.03. The van der Waals surface area contributed by atoms with E-state index >= 15 is 0 Å². The topological polar surface area (TPSA) is 48.8 Å². The fourth-order valence-corrected chi connectivity index (χ4v) is 0.590. The molecular formula is C6H4FN3. The first-order valence-corrected chi connectivity index (χ1v) is 2.63. The number of hydrogen-bond donors (Lipinski definition) is 0. The average molecular weight is 136 g/mol. The monoisotopic (exact) mass is 136 g/mol. The second kappa shape index (κ2) is 2.85. The summed E-state index contributed by atoms with van der Waals surface area (Å²) in [4.78, 5) is 2.51. The molecule has 0 radical (unpaired) electrons. The number of rotatable bonds is 1. The molecule has 0 N–H and O–H groups in total. The molecular weight excluding hydrogens is 132 g/mol. The first-order valence-electron chi connectivity index (χ1n) is 2.63. The lowest BCUT2D eigenvalue weighted by Crippen LogP contribution is -1.68. The van der Waals surface area contributed by atoms with E-state index < -0.39 is 5.82 Å². The summed E-state index contributed by atoms with van der Waals surface area (Å²) in [7, 11) is 0. The molecule has 4 heteroatoms. The van der Waals surface area contributed by atoms with Crippen molar-refractivity contribution < 1.29 is 4.39 Å². The Labute approximate surface area is 56.7 Å².